The molecule has 0 bridgehead atoms. The monoisotopic (exact) mass is 192 g/mol. The van der Waals surface area contributed by atoms with Gasteiger partial charge in [-0.25, -0.2) is 0 Å². The van der Waals surface area contributed by atoms with Crippen LogP contribution in [0, 0.1) is 17.8 Å². The van der Waals surface area contributed by atoms with Crippen LogP contribution in [0.2, 0.25) is 0 Å². The van der Waals surface area contributed by atoms with Crippen molar-refractivity contribution in [1.82, 2.24) is 20.2 Å². The minimum absolute atomic E-state index is 0.104. The molecule has 0 N–H and O–H groups in total. The molecule has 1 aromatic rings. The van der Waals surface area contributed by atoms with Crippen LogP contribution in [0.25, 0.3) is 0 Å². The van der Waals surface area contributed by atoms with Gasteiger partial charge in [-0.05, 0) is 29.9 Å². The molecule has 0 radical (unpaired) electrons. The van der Waals surface area contributed by atoms with Gasteiger partial charge >= 0.3 is 0 Å². The lowest BCUT2D eigenvalue weighted by molar-refractivity contribution is 0.0941. The van der Waals surface area contributed by atoms with Gasteiger partial charge in [0.25, 0.3) is 0 Å². The van der Waals surface area contributed by atoms with Crippen LogP contribution in [0.1, 0.15) is 29.9 Å². The molecule has 5 heteroatoms. The Kier molecular flexibility index (Phi) is 1.51. The summed E-state index contributed by atoms with van der Waals surface area (Å²) in [6.45, 7) is 0. The first-order valence-corrected chi connectivity index (χ1v) is 5.05. The van der Waals surface area contributed by atoms with Crippen LogP contribution < -0.4 is 0 Å². The molecule has 2 unspecified atom stereocenters. The fourth-order valence-electron chi connectivity index (χ4n) is 2.74. The van der Waals surface area contributed by atoms with E-state index in [1.54, 1.807) is 7.05 Å². The number of hydrogen-bond acceptors (Lipinski definition) is 4. The van der Waals surface area contributed by atoms with Crippen LogP contribution in [-0.2, 0) is 7.05 Å². The molecule has 1 heterocycles. The molecule has 0 saturated heterocycles. The second-order valence-corrected chi connectivity index (χ2v) is 4.25. The fourth-order valence-corrected chi connectivity index (χ4v) is 2.74. The van der Waals surface area contributed by atoms with E-state index < -0.39 is 0 Å². The predicted octanol–water partition coefficient (Wildman–Crippen LogP) is 0.439. The molecule has 14 heavy (non-hydrogen) atoms. The minimum Gasteiger partial charge on any atom is -0.290 e. The number of tetrazole rings is 1. The smallest absolute Gasteiger partial charge is 0.240 e. The number of ketones is 1. The van der Waals surface area contributed by atoms with E-state index in [1.165, 1.54) is 24.1 Å². The van der Waals surface area contributed by atoms with Gasteiger partial charge in [-0.1, -0.05) is 6.42 Å². The Morgan fingerprint density at radius 1 is 1.43 bits per heavy atom. The van der Waals surface area contributed by atoms with Crippen molar-refractivity contribution < 1.29 is 4.79 Å². The summed E-state index contributed by atoms with van der Waals surface area (Å²) in [7, 11) is 1.68. The Labute approximate surface area is 81.5 Å². The summed E-state index contributed by atoms with van der Waals surface area (Å²) in [5.74, 6) is 1.88. The molecular weight excluding hydrogens is 180 g/mol. The Morgan fingerprint density at radius 2 is 2.14 bits per heavy atom. The van der Waals surface area contributed by atoms with E-state index in [1.807, 2.05) is 0 Å². The number of carbonyl (C=O) groups is 1. The number of fused-ring (bicyclic) bond motifs is 1. The van der Waals surface area contributed by atoms with Crippen LogP contribution in [0.3, 0.4) is 0 Å². The number of rotatable bonds is 2. The van der Waals surface area contributed by atoms with Crippen molar-refractivity contribution in [3.63, 3.8) is 0 Å². The van der Waals surface area contributed by atoms with Crippen LogP contribution in [0.4, 0.5) is 0 Å². The molecule has 2 saturated carbocycles. The summed E-state index contributed by atoms with van der Waals surface area (Å²) in [5, 5.41) is 11.4. The third-order valence-electron chi connectivity index (χ3n) is 3.44. The van der Waals surface area contributed by atoms with Gasteiger partial charge < -0.3 is 0 Å². The topological polar surface area (TPSA) is 60.7 Å². The Morgan fingerprint density at radius 3 is 2.71 bits per heavy atom. The molecule has 0 aromatic carbocycles. The summed E-state index contributed by atoms with van der Waals surface area (Å²) < 4.78 is 0. The van der Waals surface area contributed by atoms with Gasteiger partial charge in [0.2, 0.25) is 11.6 Å². The van der Waals surface area contributed by atoms with Crippen molar-refractivity contribution in [2.24, 2.45) is 24.8 Å². The number of aromatic nitrogens is 4. The summed E-state index contributed by atoms with van der Waals surface area (Å²) >= 11 is 0. The predicted molar refractivity (Wildman–Crippen MR) is 47.4 cm³/mol. The summed E-state index contributed by atoms with van der Waals surface area (Å²) in [4.78, 5) is 13.2. The zero-order chi connectivity index (χ0) is 9.71. The molecule has 0 aliphatic heterocycles. The maximum atomic E-state index is 11.9. The highest BCUT2D eigenvalue weighted by Crippen LogP contribution is 2.58. The number of nitrogens with zero attached hydrogens (tertiary/aromatic N) is 4. The summed E-state index contributed by atoms with van der Waals surface area (Å²) in [6, 6.07) is 0. The van der Waals surface area contributed by atoms with Gasteiger partial charge in [0, 0.05) is 5.92 Å². The van der Waals surface area contributed by atoms with E-state index in [0.29, 0.717) is 17.7 Å². The van der Waals surface area contributed by atoms with E-state index in [9.17, 15) is 4.79 Å². The normalized spacial score (nSPS) is 34.2. The second kappa shape index (κ2) is 2.62. The standard InChI is InChI=1S/C9H12N4O/c1-13-11-9(10-12-13)8(14)7-5-3-2-4-6(5)7/h5-7H,2-4H2,1H3. The van der Waals surface area contributed by atoms with Gasteiger partial charge in [0.1, 0.15) is 0 Å². The SMILES string of the molecule is Cn1nnc(C(=O)C2C3CCCC32)n1. The maximum Gasteiger partial charge on any atom is 0.240 e. The van der Waals surface area contributed by atoms with E-state index in [4.69, 9.17) is 0 Å². The molecule has 5 nitrogen and oxygen atoms in total. The first kappa shape index (κ1) is 8.08. The number of aryl methyl sites for hydroxylation is 1. The summed E-state index contributed by atoms with van der Waals surface area (Å²) in [5.41, 5.74) is 0. The van der Waals surface area contributed by atoms with E-state index >= 15 is 0 Å². The average molecular weight is 192 g/mol. The molecule has 2 atom stereocenters. The van der Waals surface area contributed by atoms with E-state index in [2.05, 4.69) is 15.4 Å². The first-order chi connectivity index (χ1) is 6.77. The Bertz CT molecular complexity index is 376. The Hall–Kier alpha value is -1.26. The van der Waals surface area contributed by atoms with Gasteiger partial charge in [-0.3, -0.25) is 4.79 Å². The van der Waals surface area contributed by atoms with Crippen molar-refractivity contribution >= 4 is 5.78 Å². The summed E-state index contributed by atoms with van der Waals surface area (Å²) in [6.07, 6.45) is 3.70. The highest BCUT2D eigenvalue weighted by molar-refractivity contribution is 5.96. The number of hydrogen-bond donors (Lipinski definition) is 0. The molecule has 2 aliphatic carbocycles. The zero-order valence-corrected chi connectivity index (χ0v) is 8.05. The molecule has 2 fully saturated rings. The van der Waals surface area contributed by atoms with Crippen molar-refractivity contribution in [2.75, 3.05) is 0 Å². The van der Waals surface area contributed by atoms with E-state index in [0.717, 1.165) is 0 Å². The number of carbonyl (C=O) groups excluding carboxylic acids is 1. The van der Waals surface area contributed by atoms with Crippen molar-refractivity contribution in [3.05, 3.63) is 5.82 Å². The quantitative estimate of drug-likeness (QED) is 0.638. The highest BCUT2D eigenvalue weighted by Gasteiger charge is 2.57. The van der Waals surface area contributed by atoms with Crippen molar-refractivity contribution in [3.8, 4) is 0 Å². The lowest BCUT2D eigenvalue weighted by atomic mass is 10.1. The van der Waals surface area contributed by atoms with Crippen LogP contribution in [0.15, 0.2) is 0 Å². The van der Waals surface area contributed by atoms with Crippen LogP contribution in [0.5, 0.6) is 0 Å². The molecule has 0 amide bonds. The third kappa shape index (κ3) is 1.01. The molecule has 1 aromatic heterocycles. The number of Topliss-reactive ketones (excluding diaryl/α,β-unsaturated/α-hetero) is 1. The molecule has 74 valence electrons. The highest BCUT2D eigenvalue weighted by atomic mass is 16.1. The first-order valence-electron chi connectivity index (χ1n) is 5.05. The average Bonchev–Trinajstić information content (AvgIpc) is 2.56. The van der Waals surface area contributed by atoms with Crippen LogP contribution >= 0.6 is 0 Å². The molecule has 3 rings (SSSR count). The van der Waals surface area contributed by atoms with Gasteiger partial charge in [0.05, 0.1) is 7.05 Å². The zero-order valence-electron chi connectivity index (χ0n) is 8.05. The minimum atomic E-state index is 0.104. The van der Waals surface area contributed by atoms with E-state index in [-0.39, 0.29) is 11.7 Å². The van der Waals surface area contributed by atoms with Crippen molar-refractivity contribution in [1.29, 1.82) is 0 Å². The van der Waals surface area contributed by atoms with Crippen molar-refractivity contribution in [2.45, 2.75) is 19.3 Å². The largest absolute Gasteiger partial charge is 0.290 e. The Balaban J connectivity index is 1.78. The molecule has 0 spiro atoms. The van der Waals surface area contributed by atoms with Gasteiger partial charge in [0.15, 0.2) is 0 Å². The lowest BCUT2D eigenvalue weighted by Crippen LogP contribution is -2.09. The molecule has 2 aliphatic rings. The van der Waals surface area contributed by atoms with Gasteiger partial charge in [-0.15, -0.1) is 10.2 Å². The van der Waals surface area contributed by atoms with Crippen LogP contribution in [-0.4, -0.2) is 26.0 Å². The molecular formula is C9H12N4O. The third-order valence-corrected chi connectivity index (χ3v) is 3.44. The van der Waals surface area contributed by atoms with Gasteiger partial charge in [-0.2, -0.15) is 4.80 Å². The lowest BCUT2D eigenvalue weighted by Gasteiger charge is -1.97. The fraction of sp³-hybridized carbons (Fsp3) is 0.778. The second-order valence-electron chi connectivity index (χ2n) is 4.25. The maximum absolute atomic E-state index is 11.9.